The first-order chi connectivity index (χ1) is 5.63. The molecular formula is C8H6MgO4+2. The van der Waals surface area contributed by atoms with Crippen LogP contribution in [0.25, 0.3) is 0 Å². The average Bonchev–Trinajstić information content (AvgIpc) is 2.04. The van der Waals surface area contributed by atoms with Crippen molar-refractivity contribution in [2.24, 2.45) is 0 Å². The number of carbonyl (C=O) groups is 2. The van der Waals surface area contributed by atoms with Crippen molar-refractivity contribution in [3.63, 3.8) is 0 Å². The van der Waals surface area contributed by atoms with E-state index >= 15 is 0 Å². The van der Waals surface area contributed by atoms with Crippen LogP contribution in [-0.4, -0.2) is 45.2 Å². The molecule has 0 aliphatic rings. The van der Waals surface area contributed by atoms with Crippen LogP contribution in [-0.2, 0) is 0 Å². The molecule has 13 heavy (non-hydrogen) atoms. The summed E-state index contributed by atoms with van der Waals surface area (Å²) < 4.78 is 0. The third kappa shape index (κ3) is 2.71. The Kier molecular flexibility index (Phi) is 4.43. The number of hydrogen-bond acceptors (Lipinski definition) is 2. The van der Waals surface area contributed by atoms with E-state index in [0.29, 0.717) is 0 Å². The third-order valence-electron chi connectivity index (χ3n) is 1.39. The molecule has 0 saturated carbocycles. The Bertz CT molecular complexity index is 302. The Morgan fingerprint density at radius 2 is 1.23 bits per heavy atom. The molecule has 0 bridgehead atoms. The molecule has 0 aliphatic heterocycles. The second-order valence-electron chi connectivity index (χ2n) is 2.16. The van der Waals surface area contributed by atoms with Gasteiger partial charge in [-0.3, -0.25) is 0 Å². The smallest absolute Gasteiger partial charge is 0.478 e. The Morgan fingerprint density at radius 1 is 0.923 bits per heavy atom. The maximum atomic E-state index is 10.5. The van der Waals surface area contributed by atoms with E-state index in [1.165, 1.54) is 24.3 Å². The molecule has 0 radical (unpaired) electrons. The SMILES string of the molecule is O=C(O)c1ccccc1C(=O)O.[Mg+2]. The van der Waals surface area contributed by atoms with E-state index < -0.39 is 11.9 Å². The Balaban J connectivity index is 0.00000144. The van der Waals surface area contributed by atoms with E-state index in [9.17, 15) is 9.59 Å². The monoisotopic (exact) mass is 190 g/mol. The summed E-state index contributed by atoms with van der Waals surface area (Å²) >= 11 is 0. The molecule has 1 aromatic rings. The first kappa shape index (κ1) is 11.9. The molecule has 0 saturated heterocycles. The molecule has 5 heteroatoms. The summed E-state index contributed by atoms with van der Waals surface area (Å²) in [6, 6.07) is 5.48. The number of rotatable bonds is 2. The number of carboxylic acid groups (broad SMARTS) is 2. The van der Waals surface area contributed by atoms with Crippen LogP contribution >= 0.6 is 0 Å². The van der Waals surface area contributed by atoms with Crippen molar-refractivity contribution in [2.45, 2.75) is 0 Å². The summed E-state index contributed by atoms with van der Waals surface area (Å²) in [6.45, 7) is 0. The van der Waals surface area contributed by atoms with E-state index in [-0.39, 0.29) is 34.2 Å². The van der Waals surface area contributed by atoms with E-state index in [1.54, 1.807) is 0 Å². The zero-order valence-electron chi connectivity index (χ0n) is 6.73. The van der Waals surface area contributed by atoms with Gasteiger partial charge in [0.25, 0.3) is 0 Å². The maximum absolute atomic E-state index is 10.5. The van der Waals surface area contributed by atoms with Gasteiger partial charge in [0.1, 0.15) is 0 Å². The first-order valence-electron chi connectivity index (χ1n) is 3.18. The molecule has 0 unspecified atom stereocenters. The number of hydrogen-bond donors (Lipinski definition) is 2. The summed E-state index contributed by atoms with van der Waals surface area (Å²) in [6.07, 6.45) is 0. The Morgan fingerprint density at radius 3 is 1.46 bits per heavy atom. The molecule has 62 valence electrons. The van der Waals surface area contributed by atoms with Crippen LogP contribution < -0.4 is 0 Å². The van der Waals surface area contributed by atoms with Gasteiger partial charge >= 0.3 is 35.0 Å². The molecule has 1 rings (SSSR count). The van der Waals surface area contributed by atoms with Crippen LogP contribution in [0.2, 0.25) is 0 Å². The van der Waals surface area contributed by atoms with Crippen LogP contribution in [0.1, 0.15) is 20.7 Å². The molecule has 0 amide bonds. The van der Waals surface area contributed by atoms with Crippen molar-refractivity contribution >= 4 is 35.0 Å². The minimum atomic E-state index is -1.23. The van der Waals surface area contributed by atoms with Crippen LogP contribution in [0.5, 0.6) is 0 Å². The number of aromatic carboxylic acids is 2. The minimum absolute atomic E-state index is 0. The topological polar surface area (TPSA) is 74.6 Å². The van der Waals surface area contributed by atoms with Crippen LogP contribution in [0.15, 0.2) is 24.3 Å². The molecule has 0 atom stereocenters. The summed E-state index contributed by atoms with van der Waals surface area (Å²) in [4.78, 5) is 20.9. The van der Waals surface area contributed by atoms with E-state index in [1.807, 2.05) is 0 Å². The predicted molar refractivity (Wildman–Crippen MR) is 46.1 cm³/mol. The number of carboxylic acids is 2. The zero-order valence-corrected chi connectivity index (χ0v) is 8.14. The van der Waals surface area contributed by atoms with Gasteiger partial charge in [0.05, 0.1) is 11.1 Å². The van der Waals surface area contributed by atoms with Crippen LogP contribution in [0, 0.1) is 0 Å². The van der Waals surface area contributed by atoms with Gasteiger partial charge in [-0.05, 0) is 12.1 Å². The fourth-order valence-corrected chi connectivity index (χ4v) is 0.856. The van der Waals surface area contributed by atoms with E-state index in [2.05, 4.69) is 0 Å². The van der Waals surface area contributed by atoms with Crippen molar-refractivity contribution in [2.75, 3.05) is 0 Å². The second kappa shape index (κ2) is 4.83. The van der Waals surface area contributed by atoms with Crippen molar-refractivity contribution in [1.82, 2.24) is 0 Å². The Labute approximate surface area is 90.3 Å². The van der Waals surface area contributed by atoms with Gasteiger partial charge in [-0.2, -0.15) is 0 Å². The minimum Gasteiger partial charge on any atom is -0.478 e. The van der Waals surface area contributed by atoms with Crippen molar-refractivity contribution in [3.05, 3.63) is 35.4 Å². The first-order valence-corrected chi connectivity index (χ1v) is 3.18. The zero-order chi connectivity index (χ0) is 9.14. The van der Waals surface area contributed by atoms with Crippen molar-refractivity contribution in [1.29, 1.82) is 0 Å². The predicted octanol–water partition coefficient (Wildman–Crippen LogP) is 0.702. The van der Waals surface area contributed by atoms with E-state index in [4.69, 9.17) is 10.2 Å². The van der Waals surface area contributed by atoms with Crippen molar-refractivity contribution in [3.8, 4) is 0 Å². The Hall–Kier alpha value is -1.07. The standard InChI is InChI=1S/C8H6O4.Mg/c9-7(10)5-3-1-2-4-6(5)8(11)12;/h1-4H,(H,9,10)(H,11,12);/q;+2. The molecule has 0 fully saturated rings. The molecule has 0 aliphatic carbocycles. The largest absolute Gasteiger partial charge is 2.00 e. The van der Waals surface area contributed by atoms with Gasteiger partial charge in [0.15, 0.2) is 0 Å². The molecule has 4 nitrogen and oxygen atoms in total. The normalized spacial score (nSPS) is 8.62. The van der Waals surface area contributed by atoms with Gasteiger partial charge in [-0.15, -0.1) is 0 Å². The second-order valence-corrected chi connectivity index (χ2v) is 2.16. The number of benzene rings is 1. The molecule has 0 heterocycles. The average molecular weight is 190 g/mol. The molecule has 1 aromatic carbocycles. The molecule has 0 aromatic heterocycles. The fourth-order valence-electron chi connectivity index (χ4n) is 0.856. The summed E-state index contributed by atoms with van der Waals surface area (Å²) in [7, 11) is 0. The van der Waals surface area contributed by atoms with E-state index in [0.717, 1.165) is 0 Å². The van der Waals surface area contributed by atoms with Gasteiger partial charge in [0, 0.05) is 0 Å². The maximum Gasteiger partial charge on any atom is 2.00 e. The van der Waals surface area contributed by atoms with Crippen LogP contribution in [0.4, 0.5) is 0 Å². The van der Waals surface area contributed by atoms with Crippen molar-refractivity contribution < 1.29 is 19.8 Å². The fraction of sp³-hybridized carbons (Fsp3) is 0. The summed E-state index contributed by atoms with van der Waals surface area (Å²) in [5.74, 6) is -2.46. The van der Waals surface area contributed by atoms with Gasteiger partial charge in [-0.25, -0.2) is 9.59 Å². The van der Waals surface area contributed by atoms with Gasteiger partial charge in [0.2, 0.25) is 0 Å². The molecule has 0 spiro atoms. The molecular weight excluding hydrogens is 184 g/mol. The molecule has 2 N–H and O–H groups in total. The quantitative estimate of drug-likeness (QED) is 0.673. The summed E-state index contributed by atoms with van der Waals surface area (Å²) in [5, 5.41) is 17.1. The third-order valence-corrected chi connectivity index (χ3v) is 1.39. The summed E-state index contributed by atoms with van der Waals surface area (Å²) in [5.41, 5.74) is -0.380. The van der Waals surface area contributed by atoms with Gasteiger partial charge < -0.3 is 10.2 Å². The van der Waals surface area contributed by atoms with Crippen LogP contribution in [0.3, 0.4) is 0 Å². The van der Waals surface area contributed by atoms with Gasteiger partial charge in [-0.1, -0.05) is 12.1 Å².